The average molecular weight is 351 g/mol. The molecule has 2 heterocycles. The summed E-state index contributed by atoms with van der Waals surface area (Å²) in [6.07, 6.45) is -5.67. The van der Waals surface area contributed by atoms with Gasteiger partial charge in [-0.15, -0.1) is 11.3 Å². The quantitative estimate of drug-likeness (QED) is 0.820. The molecule has 0 bridgehead atoms. The molecule has 0 saturated heterocycles. The molecule has 1 aromatic rings. The van der Waals surface area contributed by atoms with Gasteiger partial charge in [-0.2, -0.15) is 13.2 Å². The van der Waals surface area contributed by atoms with E-state index in [4.69, 9.17) is 12.2 Å². The monoisotopic (exact) mass is 351 g/mol. The topological polar surface area (TPSA) is 65.5 Å². The Hall–Kier alpha value is -1.68. The number of aromatic nitrogens is 1. The lowest BCUT2D eigenvalue weighted by Crippen LogP contribution is -2.43. The standard InChI is InChI=1S/C12H12F3N3O2S2/c1-18-3-6(2-12(13,14)15)9(19)8(11(18)20)10(21)17-7-4-22-5-16-7/h4-6,19H,2-3H2,1H3,(H,17,21). The molecular formula is C12H12F3N3O2S2. The lowest BCUT2D eigenvalue weighted by atomic mass is 9.93. The first-order valence-corrected chi connectivity index (χ1v) is 7.49. The van der Waals surface area contributed by atoms with Crippen LogP contribution < -0.4 is 5.32 Å². The fourth-order valence-electron chi connectivity index (χ4n) is 2.11. The SMILES string of the molecule is CN1CC(CC(F)(F)F)C(O)=C(C(=S)Nc2cscn2)C1=O. The summed E-state index contributed by atoms with van der Waals surface area (Å²) in [5.74, 6) is -2.12. The molecule has 2 rings (SSSR count). The predicted molar refractivity (Wildman–Crippen MR) is 79.8 cm³/mol. The average Bonchev–Trinajstić information content (AvgIpc) is 2.87. The van der Waals surface area contributed by atoms with E-state index in [9.17, 15) is 23.1 Å². The molecule has 22 heavy (non-hydrogen) atoms. The van der Waals surface area contributed by atoms with Gasteiger partial charge in [0.1, 0.15) is 22.1 Å². The number of aliphatic hydroxyl groups excluding tert-OH is 1. The van der Waals surface area contributed by atoms with Crippen molar-refractivity contribution in [2.24, 2.45) is 5.92 Å². The summed E-state index contributed by atoms with van der Waals surface area (Å²) in [6.45, 7) is -0.215. The third-order valence-electron chi connectivity index (χ3n) is 3.08. The molecule has 10 heteroatoms. The molecule has 120 valence electrons. The largest absolute Gasteiger partial charge is 0.511 e. The molecule has 0 radical (unpaired) electrons. The Morgan fingerprint density at radius 1 is 1.64 bits per heavy atom. The molecular weight excluding hydrogens is 339 g/mol. The van der Waals surface area contributed by atoms with Crippen LogP contribution in [0, 0.1) is 5.92 Å². The van der Waals surface area contributed by atoms with Gasteiger partial charge in [-0.25, -0.2) is 4.98 Å². The van der Waals surface area contributed by atoms with Gasteiger partial charge in [0.15, 0.2) is 0 Å². The summed E-state index contributed by atoms with van der Waals surface area (Å²) >= 11 is 6.31. The Balaban J connectivity index is 2.29. The number of likely N-dealkylation sites (N-methyl/N-ethyl adjacent to an activating group) is 1. The van der Waals surface area contributed by atoms with Crippen molar-refractivity contribution in [1.29, 1.82) is 0 Å². The zero-order chi connectivity index (χ0) is 16.5. The number of aliphatic hydroxyl groups is 1. The van der Waals surface area contributed by atoms with Crippen LogP contribution in [0.5, 0.6) is 0 Å². The molecule has 0 aromatic carbocycles. The predicted octanol–water partition coefficient (Wildman–Crippen LogP) is 2.74. The number of thiocarbonyl (C=S) groups is 1. The van der Waals surface area contributed by atoms with Gasteiger partial charge in [0, 0.05) is 24.9 Å². The van der Waals surface area contributed by atoms with Crippen LogP contribution in [0.15, 0.2) is 22.2 Å². The molecule has 1 aliphatic rings. The van der Waals surface area contributed by atoms with Crippen molar-refractivity contribution in [3.63, 3.8) is 0 Å². The lowest BCUT2D eigenvalue weighted by Gasteiger charge is -2.31. The Bertz CT molecular complexity index is 614. The lowest BCUT2D eigenvalue weighted by molar-refractivity contribution is -0.149. The van der Waals surface area contributed by atoms with E-state index < -0.39 is 30.2 Å². The molecule has 5 nitrogen and oxygen atoms in total. The zero-order valence-corrected chi connectivity index (χ0v) is 13.0. The maximum atomic E-state index is 12.6. The molecule has 0 spiro atoms. The number of nitrogens with zero attached hydrogens (tertiary/aromatic N) is 2. The second-order valence-corrected chi connectivity index (χ2v) is 5.92. The Morgan fingerprint density at radius 3 is 2.86 bits per heavy atom. The number of rotatable bonds is 3. The minimum absolute atomic E-state index is 0.146. The van der Waals surface area contributed by atoms with Gasteiger partial charge in [0.05, 0.1) is 11.9 Å². The zero-order valence-electron chi connectivity index (χ0n) is 11.3. The number of amides is 1. The molecule has 1 aliphatic heterocycles. The minimum Gasteiger partial charge on any atom is -0.511 e. The normalized spacial score (nSPS) is 19.5. The van der Waals surface area contributed by atoms with Gasteiger partial charge in [-0.1, -0.05) is 12.2 Å². The molecule has 1 amide bonds. The van der Waals surface area contributed by atoms with Gasteiger partial charge in [0.2, 0.25) is 0 Å². The highest BCUT2D eigenvalue weighted by Gasteiger charge is 2.40. The van der Waals surface area contributed by atoms with Crippen molar-refractivity contribution in [3.05, 3.63) is 22.2 Å². The van der Waals surface area contributed by atoms with E-state index in [1.54, 1.807) is 5.38 Å². The first kappa shape index (κ1) is 16.7. The Morgan fingerprint density at radius 2 is 2.32 bits per heavy atom. The van der Waals surface area contributed by atoms with Crippen LogP contribution in [0.25, 0.3) is 0 Å². The van der Waals surface area contributed by atoms with Crippen molar-refractivity contribution in [2.75, 3.05) is 18.9 Å². The first-order valence-electron chi connectivity index (χ1n) is 6.14. The summed E-state index contributed by atoms with van der Waals surface area (Å²) in [5.41, 5.74) is 1.21. The molecule has 0 fully saturated rings. The third kappa shape index (κ3) is 3.74. The van der Waals surface area contributed by atoms with E-state index in [1.807, 2.05) is 0 Å². The van der Waals surface area contributed by atoms with Crippen LogP contribution in [-0.2, 0) is 4.79 Å². The van der Waals surface area contributed by atoms with Crippen LogP contribution in [-0.4, -0.2) is 45.7 Å². The number of halogens is 3. The summed E-state index contributed by atoms with van der Waals surface area (Å²) in [4.78, 5) is 17.0. The Labute approximate surface area is 133 Å². The van der Waals surface area contributed by atoms with Gasteiger partial charge in [-0.05, 0) is 0 Å². The van der Waals surface area contributed by atoms with E-state index in [0.29, 0.717) is 5.82 Å². The fourth-order valence-corrected chi connectivity index (χ4v) is 2.89. The van der Waals surface area contributed by atoms with Crippen molar-refractivity contribution in [3.8, 4) is 0 Å². The van der Waals surface area contributed by atoms with Gasteiger partial charge in [-0.3, -0.25) is 4.79 Å². The van der Waals surface area contributed by atoms with Crippen molar-refractivity contribution < 1.29 is 23.1 Å². The van der Waals surface area contributed by atoms with E-state index in [0.717, 1.165) is 4.90 Å². The molecule has 1 unspecified atom stereocenters. The van der Waals surface area contributed by atoms with E-state index in [1.165, 1.54) is 23.9 Å². The van der Waals surface area contributed by atoms with Gasteiger partial charge < -0.3 is 15.3 Å². The van der Waals surface area contributed by atoms with Crippen molar-refractivity contribution in [1.82, 2.24) is 9.88 Å². The Kier molecular flexibility index (Phi) is 4.71. The summed E-state index contributed by atoms with van der Waals surface area (Å²) < 4.78 is 37.7. The second kappa shape index (κ2) is 6.21. The number of carbonyl (C=O) groups is 1. The summed E-state index contributed by atoms with van der Waals surface area (Å²) in [6, 6.07) is 0. The van der Waals surface area contributed by atoms with E-state index in [-0.39, 0.29) is 17.1 Å². The molecule has 1 aromatic heterocycles. The molecule has 1 atom stereocenters. The second-order valence-electron chi connectivity index (χ2n) is 4.79. The smallest absolute Gasteiger partial charge is 0.389 e. The van der Waals surface area contributed by atoms with E-state index in [2.05, 4.69) is 10.3 Å². The van der Waals surface area contributed by atoms with Crippen molar-refractivity contribution >= 4 is 40.3 Å². The third-order valence-corrected chi connectivity index (χ3v) is 3.97. The number of thiazole rings is 1. The maximum Gasteiger partial charge on any atom is 0.389 e. The number of hydrogen-bond acceptors (Lipinski definition) is 5. The van der Waals surface area contributed by atoms with Gasteiger partial charge in [0.25, 0.3) is 5.91 Å². The van der Waals surface area contributed by atoms with Gasteiger partial charge >= 0.3 is 6.18 Å². The van der Waals surface area contributed by atoms with Crippen LogP contribution in [0.3, 0.4) is 0 Å². The number of carbonyl (C=O) groups excluding carboxylic acids is 1. The number of nitrogens with one attached hydrogen (secondary N) is 1. The highest BCUT2D eigenvalue weighted by atomic mass is 32.1. The van der Waals surface area contributed by atoms with Crippen LogP contribution in [0.4, 0.5) is 19.0 Å². The molecule has 2 N–H and O–H groups in total. The van der Waals surface area contributed by atoms with E-state index >= 15 is 0 Å². The van der Waals surface area contributed by atoms with Crippen molar-refractivity contribution in [2.45, 2.75) is 12.6 Å². The summed E-state index contributed by atoms with van der Waals surface area (Å²) in [5, 5.41) is 14.3. The molecule has 0 aliphatic carbocycles. The van der Waals surface area contributed by atoms with Crippen LogP contribution in [0.1, 0.15) is 6.42 Å². The highest BCUT2D eigenvalue weighted by Crippen LogP contribution is 2.33. The number of alkyl halides is 3. The molecule has 0 saturated carbocycles. The fraction of sp³-hybridized carbons (Fsp3) is 0.417. The number of anilines is 1. The first-order chi connectivity index (χ1) is 10.2. The summed E-state index contributed by atoms with van der Waals surface area (Å²) in [7, 11) is 1.36. The maximum absolute atomic E-state index is 12.6. The number of hydrogen-bond donors (Lipinski definition) is 2. The van der Waals surface area contributed by atoms with Crippen LogP contribution >= 0.6 is 23.6 Å². The van der Waals surface area contributed by atoms with Crippen LogP contribution in [0.2, 0.25) is 0 Å². The highest BCUT2D eigenvalue weighted by molar-refractivity contribution is 7.81. The minimum atomic E-state index is -4.45.